The molecular formula is C42H63N5O4. The zero-order valence-electron chi connectivity index (χ0n) is 31.6. The van der Waals surface area contributed by atoms with Crippen molar-refractivity contribution in [2.24, 2.45) is 40.9 Å². The lowest BCUT2D eigenvalue weighted by atomic mass is 9.69. The number of benzene rings is 1. The van der Waals surface area contributed by atoms with Gasteiger partial charge in [-0.05, 0) is 86.0 Å². The van der Waals surface area contributed by atoms with E-state index in [9.17, 15) is 19.8 Å². The first-order chi connectivity index (χ1) is 24.5. The Morgan fingerprint density at radius 2 is 1.47 bits per heavy atom. The van der Waals surface area contributed by atoms with Crippen LogP contribution in [0.25, 0.3) is 11.4 Å². The molecule has 0 radical (unpaired) electrons. The summed E-state index contributed by atoms with van der Waals surface area (Å²) in [6.07, 6.45) is 17.5. The van der Waals surface area contributed by atoms with E-state index in [1.54, 1.807) is 4.90 Å². The lowest BCUT2D eigenvalue weighted by Gasteiger charge is -2.42. The highest BCUT2D eigenvalue weighted by Gasteiger charge is 2.39. The van der Waals surface area contributed by atoms with Crippen LogP contribution in [0.3, 0.4) is 0 Å². The SMILES string of the molecule is CCC[C@H]1CC[C@H](C2CCN(c3cnc(-c4ccc(C[C@H](NC(=O)[C@H]5CC[C@H](C(C)(C)C)CC5)C(=O)N5CC(C(O)O)C5)cc4)nc3)CC2)CC1. The van der Waals surface area contributed by atoms with Crippen LogP contribution in [-0.4, -0.2) is 75.4 Å². The molecule has 2 aliphatic carbocycles. The number of aliphatic hydroxyl groups is 2. The molecule has 9 heteroatoms. The third-order valence-corrected chi connectivity index (χ3v) is 13.0. The topological polar surface area (TPSA) is 119 Å². The third-order valence-electron chi connectivity index (χ3n) is 13.0. The van der Waals surface area contributed by atoms with Crippen LogP contribution in [0.4, 0.5) is 5.69 Å². The van der Waals surface area contributed by atoms with Crippen molar-refractivity contribution in [1.82, 2.24) is 20.2 Å². The first kappa shape index (κ1) is 37.7. The molecule has 2 amide bonds. The summed E-state index contributed by atoms with van der Waals surface area (Å²) in [5, 5.41) is 22.2. The normalized spacial score (nSPS) is 25.8. The second-order valence-corrected chi connectivity index (χ2v) is 17.5. The number of aliphatic hydroxyl groups excluding tert-OH is 1. The van der Waals surface area contributed by atoms with E-state index in [1.807, 2.05) is 36.7 Å². The number of amides is 2. The van der Waals surface area contributed by atoms with Crippen LogP contribution in [0.15, 0.2) is 36.7 Å². The number of rotatable bonds is 11. The largest absolute Gasteiger partial charge is 0.369 e. The van der Waals surface area contributed by atoms with Crippen molar-refractivity contribution in [3.63, 3.8) is 0 Å². The number of nitrogens with one attached hydrogen (secondary N) is 1. The van der Waals surface area contributed by atoms with Crippen molar-refractivity contribution in [3.05, 3.63) is 42.2 Å². The van der Waals surface area contributed by atoms with Crippen LogP contribution < -0.4 is 10.2 Å². The Hall–Kier alpha value is -3.04. The highest BCUT2D eigenvalue weighted by molar-refractivity contribution is 5.89. The number of nitrogens with zero attached hydrogens (tertiary/aromatic N) is 4. The summed E-state index contributed by atoms with van der Waals surface area (Å²) in [7, 11) is 0. The smallest absolute Gasteiger partial charge is 0.245 e. The van der Waals surface area contributed by atoms with E-state index in [1.165, 1.54) is 51.4 Å². The fourth-order valence-electron chi connectivity index (χ4n) is 9.46. The number of aromatic nitrogens is 2. The van der Waals surface area contributed by atoms with Gasteiger partial charge in [-0.2, -0.15) is 0 Å². The zero-order valence-corrected chi connectivity index (χ0v) is 31.6. The maximum atomic E-state index is 13.6. The Bertz CT molecular complexity index is 1410. The molecule has 2 aromatic rings. The van der Waals surface area contributed by atoms with Gasteiger partial charge in [-0.3, -0.25) is 9.59 Å². The van der Waals surface area contributed by atoms with Gasteiger partial charge in [-0.1, -0.05) is 77.6 Å². The molecule has 280 valence electrons. The average molecular weight is 702 g/mol. The summed E-state index contributed by atoms with van der Waals surface area (Å²) in [5.41, 5.74) is 3.17. The van der Waals surface area contributed by atoms with Crippen LogP contribution in [0.1, 0.15) is 110 Å². The predicted octanol–water partition coefficient (Wildman–Crippen LogP) is 6.62. The molecule has 51 heavy (non-hydrogen) atoms. The van der Waals surface area contributed by atoms with Gasteiger partial charge in [0, 0.05) is 50.0 Å². The first-order valence-electron chi connectivity index (χ1n) is 20.1. The molecule has 1 aromatic carbocycles. The maximum absolute atomic E-state index is 13.6. The van der Waals surface area contributed by atoms with Crippen LogP contribution in [-0.2, 0) is 16.0 Å². The van der Waals surface area contributed by atoms with Crippen molar-refractivity contribution in [2.75, 3.05) is 31.1 Å². The highest BCUT2D eigenvalue weighted by Crippen LogP contribution is 2.41. The number of piperidine rings is 1. The molecular weight excluding hydrogens is 638 g/mol. The lowest BCUT2D eigenvalue weighted by molar-refractivity contribution is -0.159. The number of hydrogen-bond donors (Lipinski definition) is 3. The second kappa shape index (κ2) is 16.7. The quantitative estimate of drug-likeness (QED) is 0.226. The number of hydrogen-bond acceptors (Lipinski definition) is 7. The molecule has 4 aliphatic rings. The van der Waals surface area contributed by atoms with Crippen LogP contribution in [0.5, 0.6) is 0 Å². The Labute approximate surface area is 306 Å². The van der Waals surface area contributed by atoms with Gasteiger partial charge in [0.25, 0.3) is 0 Å². The molecule has 9 nitrogen and oxygen atoms in total. The van der Waals surface area contributed by atoms with E-state index >= 15 is 0 Å². The molecule has 0 bridgehead atoms. The van der Waals surface area contributed by atoms with Gasteiger partial charge in [0.05, 0.1) is 18.1 Å². The predicted molar refractivity (Wildman–Crippen MR) is 202 cm³/mol. The molecule has 0 unspecified atom stereocenters. The van der Waals surface area contributed by atoms with Gasteiger partial charge in [0.1, 0.15) is 6.04 Å². The van der Waals surface area contributed by atoms with Crippen molar-refractivity contribution in [3.8, 4) is 11.4 Å². The molecule has 2 aliphatic heterocycles. The molecule has 0 spiro atoms. The fraction of sp³-hybridized carbons (Fsp3) is 0.714. The van der Waals surface area contributed by atoms with Gasteiger partial charge in [-0.25, -0.2) is 9.97 Å². The van der Waals surface area contributed by atoms with E-state index in [4.69, 9.17) is 9.97 Å². The molecule has 3 N–H and O–H groups in total. The summed E-state index contributed by atoms with van der Waals surface area (Å²) in [4.78, 5) is 40.6. The van der Waals surface area contributed by atoms with Gasteiger partial charge >= 0.3 is 0 Å². The van der Waals surface area contributed by atoms with Crippen LogP contribution in [0.2, 0.25) is 0 Å². The summed E-state index contributed by atoms with van der Waals surface area (Å²) in [6, 6.07) is 7.25. The molecule has 2 saturated heterocycles. The minimum atomic E-state index is -1.44. The monoisotopic (exact) mass is 701 g/mol. The number of anilines is 1. The van der Waals surface area contributed by atoms with Gasteiger partial charge < -0.3 is 25.3 Å². The minimum absolute atomic E-state index is 0.0520. The van der Waals surface area contributed by atoms with E-state index in [0.717, 1.165) is 73.3 Å². The van der Waals surface area contributed by atoms with Crippen molar-refractivity contribution in [1.29, 1.82) is 0 Å². The summed E-state index contributed by atoms with van der Waals surface area (Å²) < 4.78 is 0. The molecule has 4 fully saturated rings. The minimum Gasteiger partial charge on any atom is -0.369 e. The maximum Gasteiger partial charge on any atom is 0.245 e. The number of carbonyl (C=O) groups is 2. The van der Waals surface area contributed by atoms with Gasteiger partial charge in [0.2, 0.25) is 11.8 Å². The Balaban J connectivity index is 1.03. The second-order valence-electron chi connectivity index (χ2n) is 17.5. The summed E-state index contributed by atoms with van der Waals surface area (Å²) in [6.45, 7) is 11.8. The van der Waals surface area contributed by atoms with E-state index < -0.39 is 12.3 Å². The van der Waals surface area contributed by atoms with Crippen LogP contribution in [0, 0.1) is 40.9 Å². The van der Waals surface area contributed by atoms with Crippen LogP contribution >= 0.6 is 0 Å². The lowest BCUT2D eigenvalue weighted by Crippen LogP contribution is -2.60. The summed E-state index contributed by atoms with van der Waals surface area (Å²) in [5.74, 6) is 3.34. The fourth-order valence-corrected chi connectivity index (χ4v) is 9.46. The molecule has 1 aromatic heterocycles. The van der Waals surface area contributed by atoms with Crippen molar-refractivity contribution < 1.29 is 19.8 Å². The van der Waals surface area contributed by atoms with E-state index in [0.29, 0.717) is 18.2 Å². The standard InChI is InChI=1S/C42H63N5O4/c1-5-6-28-7-11-30(12-8-28)31-19-21-46(22-20-31)36-24-43-38(44-25-36)32-13-9-29(10-14-32)23-37(40(49)47-26-34(27-47)41(50)51)45-39(48)33-15-17-35(18-16-33)42(2,3)4/h9-10,13-14,24-25,28,30-31,33-35,37,41,50-51H,5-8,11-12,15-23,26-27H2,1-4H3,(H,45,48)/t28-,30-,33-,35-,37-/m0/s1. The van der Waals surface area contributed by atoms with Gasteiger partial charge in [0.15, 0.2) is 12.1 Å². The number of likely N-dealkylation sites (tertiary alicyclic amines) is 1. The zero-order chi connectivity index (χ0) is 36.1. The molecule has 6 rings (SSSR count). The third kappa shape index (κ3) is 9.50. The highest BCUT2D eigenvalue weighted by atomic mass is 16.5. The molecule has 2 saturated carbocycles. The average Bonchev–Trinajstić information content (AvgIpc) is 3.11. The summed E-state index contributed by atoms with van der Waals surface area (Å²) >= 11 is 0. The molecule has 3 heterocycles. The Kier molecular flexibility index (Phi) is 12.4. The van der Waals surface area contributed by atoms with Gasteiger partial charge in [-0.15, -0.1) is 0 Å². The van der Waals surface area contributed by atoms with Crippen molar-refractivity contribution in [2.45, 2.75) is 123 Å². The number of carbonyl (C=O) groups excluding carboxylic acids is 2. The Morgan fingerprint density at radius 1 is 0.863 bits per heavy atom. The Morgan fingerprint density at radius 3 is 2.04 bits per heavy atom. The van der Waals surface area contributed by atoms with E-state index in [2.05, 4.69) is 37.9 Å². The first-order valence-corrected chi connectivity index (χ1v) is 20.1. The van der Waals surface area contributed by atoms with Crippen molar-refractivity contribution >= 4 is 17.5 Å². The molecule has 1 atom stereocenters. The van der Waals surface area contributed by atoms with E-state index in [-0.39, 0.29) is 42.2 Å².